The first-order valence-electron chi connectivity index (χ1n) is 10.5. The van der Waals surface area contributed by atoms with Gasteiger partial charge in [-0.3, -0.25) is 9.44 Å². The van der Waals surface area contributed by atoms with Gasteiger partial charge in [0.1, 0.15) is 0 Å². The Labute approximate surface area is 197 Å². The van der Waals surface area contributed by atoms with Gasteiger partial charge < -0.3 is 0 Å². The van der Waals surface area contributed by atoms with E-state index in [-0.39, 0.29) is 15.5 Å². The fourth-order valence-corrected chi connectivity index (χ4v) is 6.69. The number of anilines is 2. The fraction of sp³-hybridized carbons (Fsp3) is 0.280. The van der Waals surface area contributed by atoms with Crippen LogP contribution in [0, 0.1) is 48.5 Å². The molecule has 0 spiro atoms. The zero-order valence-corrected chi connectivity index (χ0v) is 21.6. The van der Waals surface area contributed by atoms with E-state index in [0.29, 0.717) is 22.4 Å². The summed E-state index contributed by atoms with van der Waals surface area (Å²) < 4.78 is 58.0. The minimum Gasteiger partial charge on any atom is -0.279 e. The van der Waals surface area contributed by atoms with E-state index in [1.165, 1.54) is 12.1 Å². The van der Waals surface area contributed by atoms with Gasteiger partial charge in [-0.15, -0.1) is 0 Å². The molecule has 3 aromatic rings. The van der Waals surface area contributed by atoms with Crippen molar-refractivity contribution in [2.45, 2.75) is 58.3 Å². The quantitative estimate of drug-likeness (QED) is 0.485. The molecule has 0 aliphatic rings. The van der Waals surface area contributed by atoms with E-state index in [1.54, 1.807) is 32.9 Å². The summed E-state index contributed by atoms with van der Waals surface area (Å²) in [5, 5.41) is 0. The molecule has 3 rings (SSSR count). The minimum absolute atomic E-state index is 0.0281. The number of hydrogen-bond acceptors (Lipinski definition) is 4. The van der Waals surface area contributed by atoms with Crippen LogP contribution >= 0.6 is 0 Å². The smallest absolute Gasteiger partial charge is 0.262 e. The Bertz CT molecular complexity index is 1430. The lowest BCUT2D eigenvalue weighted by atomic mass is 10.0. The number of nitrogens with one attached hydrogen (secondary N) is 2. The van der Waals surface area contributed by atoms with Crippen molar-refractivity contribution in [3.05, 3.63) is 81.4 Å². The molecule has 3 aromatic carbocycles. The molecule has 0 aliphatic heterocycles. The Hall–Kier alpha value is -2.84. The number of rotatable bonds is 6. The third-order valence-electron chi connectivity index (χ3n) is 5.96. The van der Waals surface area contributed by atoms with Gasteiger partial charge in [-0.25, -0.2) is 16.8 Å². The number of benzene rings is 3. The molecule has 0 amide bonds. The normalized spacial score (nSPS) is 12.0. The first-order valence-corrected chi connectivity index (χ1v) is 13.5. The standard InChI is InChI=1S/C25H30N2O4S2/c1-15-8-11-23(19(5)12-15)26-32(28,29)22-10-9-16(2)24(14-22)27-33(30,31)25-20(6)17(3)13-18(4)21(25)7/h8-14,26-27H,1-7H3. The second-order valence-corrected chi connectivity index (χ2v) is 11.9. The van der Waals surface area contributed by atoms with Crippen LogP contribution in [0.3, 0.4) is 0 Å². The van der Waals surface area contributed by atoms with Crippen molar-refractivity contribution in [1.82, 2.24) is 0 Å². The summed E-state index contributed by atoms with van der Waals surface area (Å²) in [7, 11) is -7.86. The van der Waals surface area contributed by atoms with Crippen LogP contribution in [-0.2, 0) is 20.0 Å². The lowest BCUT2D eigenvalue weighted by Gasteiger charge is -2.18. The Morgan fingerprint density at radius 2 is 1.12 bits per heavy atom. The number of sulfonamides is 2. The molecule has 0 aliphatic carbocycles. The second-order valence-electron chi connectivity index (χ2n) is 8.60. The zero-order valence-electron chi connectivity index (χ0n) is 20.0. The topological polar surface area (TPSA) is 92.3 Å². The minimum atomic E-state index is -3.94. The highest BCUT2D eigenvalue weighted by Crippen LogP contribution is 2.30. The molecule has 33 heavy (non-hydrogen) atoms. The van der Waals surface area contributed by atoms with Gasteiger partial charge in [0.15, 0.2) is 0 Å². The van der Waals surface area contributed by atoms with Crippen molar-refractivity contribution in [3.8, 4) is 0 Å². The van der Waals surface area contributed by atoms with Crippen molar-refractivity contribution in [2.24, 2.45) is 0 Å². The molecule has 0 bridgehead atoms. The molecule has 0 radical (unpaired) electrons. The van der Waals surface area contributed by atoms with Crippen molar-refractivity contribution in [3.63, 3.8) is 0 Å². The lowest BCUT2D eigenvalue weighted by molar-refractivity contribution is 0.597. The van der Waals surface area contributed by atoms with Gasteiger partial charge in [-0.05, 0) is 100 Å². The van der Waals surface area contributed by atoms with Crippen LogP contribution in [-0.4, -0.2) is 16.8 Å². The summed E-state index contributed by atoms with van der Waals surface area (Å²) >= 11 is 0. The molecule has 176 valence electrons. The molecule has 0 atom stereocenters. The van der Waals surface area contributed by atoms with Crippen LogP contribution in [0.15, 0.2) is 52.3 Å². The maximum atomic E-state index is 13.4. The van der Waals surface area contributed by atoms with E-state index in [4.69, 9.17) is 0 Å². The number of aryl methyl sites for hydroxylation is 5. The van der Waals surface area contributed by atoms with Crippen LogP contribution in [0.4, 0.5) is 11.4 Å². The molecule has 0 fully saturated rings. The Balaban J connectivity index is 2.02. The van der Waals surface area contributed by atoms with Crippen molar-refractivity contribution in [2.75, 3.05) is 9.44 Å². The van der Waals surface area contributed by atoms with Gasteiger partial charge in [0, 0.05) is 0 Å². The van der Waals surface area contributed by atoms with Gasteiger partial charge >= 0.3 is 0 Å². The highest BCUT2D eigenvalue weighted by molar-refractivity contribution is 7.93. The third kappa shape index (κ3) is 5.07. The Morgan fingerprint density at radius 3 is 1.70 bits per heavy atom. The molecule has 0 heterocycles. The van der Waals surface area contributed by atoms with E-state index in [2.05, 4.69) is 9.44 Å². The molecule has 8 heteroatoms. The Morgan fingerprint density at radius 1 is 0.545 bits per heavy atom. The average molecular weight is 487 g/mol. The van der Waals surface area contributed by atoms with Crippen molar-refractivity contribution >= 4 is 31.4 Å². The third-order valence-corrected chi connectivity index (χ3v) is 8.96. The van der Waals surface area contributed by atoms with Gasteiger partial charge in [-0.1, -0.05) is 29.8 Å². The summed E-state index contributed by atoms with van der Waals surface area (Å²) in [6.07, 6.45) is 0. The Kier molecular flexibility index (Phi) is 6.64. The van der Waals surface area contributed by atoms with E-state index >= 15 is 0 Å². The molecule has 0 saturated heterocycles. The molecular weight excluding hydrogens is 456 g/mol. The molecular formula is C25H30N2O4S2. The van der Waals surface area contributed by atoms with E-state index < -0.39 is 20.0 Å². The molecule has 0 saturated carbocycles. The van der Waals surface area contributed by atoms with Crippen molar-refractivity contribution < 1.29 is 16.8 Å². The van der Waals surface area contributed by atoms with Crippen LogP contribution in [0.2, 0.25) is 0 Å². The van der Waals surface area contributed by atoms with Crippen LogP contribution in [0.25, 0.3) is 0 Å². The predicted octanol–water partition coefficient (Wildman–Crippen LogP) is 5.45. The highest BCUT2D eigenvalue weighted by Gasteiger charge is 2.24. The van der Waals surface area contributed by atoms with E-state index in [0.717, 1.165) is 22.3 Å². The predicted molar refractivity (Wildman–Crippen MR) is 134 cm³/mol. The summed E-state index contributed by atoms with van der Waals surface area (Å²) in [6.45, 7) is 12.8. The van der Waals surface area contributed by atoms with Crippen LogP contribution in [0.5, 0.6) is 0 Å². The maximum absolute atomic E-state index is 13.4. The summed E-state index contributed by atoms with van der Waals surface area (Å²) in [4.78, 5) is 0.195. The molecule has 6 nitrogen and oxygen atoms in total. The van der Waals surface area contributed by atoms with Gasteiger partial charge in [0.25, 0.3) is 20.0 Å². The van der Waals surface area contributed by atoms with E-state index in [1.807, 2.05) is 45.9 Å². The van der Waals surface area contributed by atoms with Crippen LogP contribution in [0.1, 0.15) is 38.9 Å². The summed E-state index contributed by atoms with van der Waals surface area (Å²) in [6, 6.07) is 11.8. The molecule has 2 N–H and O–H groups in total. The lowest BCUT2D eigenvalue weighted by Crippen LogP contribution is -2.19. The summed E-state index contributed by atoms with van der Waals surface area (Å²) in [5.41, 5.74) is 6.23. The van der Waals surface area contributed by atoms with Gasteiger partial charge in [-0.2, -0.15) is 0 Å². The monoisotopic (exact) mass is 486 g/mol. The van der Waals surface area contributed by atoms with Crippen molar-refractivity contribution in [1.29, 1.82) is 0 Å². The molecule has 0 unspecified atom stereocenters. The SMILES string of the molecule is Cc1ccc(NS(=O)(=O)c2ccc(C)c(NS(=O)(=O)c3c(C)c(C)cc(C)c3C)c2)c(C)c1. The van der Waals surface area contributed by atoms with E-state index in [9.17, 15) is 16.8 Å². The average Bonchev–Trinajstić information content (AvgIpc) is 2.70. The van der Waals surface area contributed by atoms with Crippen LogP contribution < -0.4 is 9.44 Å². The first-order chi connectivity index (χ1) is 15.2. The zero-order chi connectivity index (χ0) is 24.7. The second kappa shape index (κ2) is 8.83. The largest absolute Gasteiger partial charge is 0.279 e. The van der Waals surface area contributed by atoms with Gasteiger partial charge in [0.05, 0.1) is 21.2 Å². The van der Waals surface area contributed by atoms with Gasteiger partial charge in [0.2, 0.25) is 0 Å². The molecule has 0 aromatic heterocycles. The maximum Gasteiger partial charge on any atom is 0.262 e. The first kappa shape index (κ1) is 24.8. The highest BCUT2D eigenvalue weighted by atomic mass is 32.2. The fourth-order valence-electron chi connectivity index (χ4n) is 3.79. The summed E-state index contributed by atoms with van der Waals surface area (Å²) in [5.74, 6) is 0. The number of hydrogen-bond donors (Lipinski definition) is 2.